The molecule has 0 aliphatic heterocycles. The molecule has 0 radical (unpaired) electrons. The van der Waals surface area contributed by atoms with Crippen molar-refractivity contribution in [3.05, 3.63) is 0 Å². The van der Waals surface area contributed by atoms with E-state index in [-0.39, 0.29) is 29.4 Å². The minimum absolute atomic E-state index is 0.0117. The van der Waals surface area contributed by atoms with Gasteiger partial charge in [-0.3, -0.25) is 9.59 Å². The number of rotatable bonds is 4. The SMILES string of the molecule is CC(C)C(=O)NC1(C(=O)C(C)C)C[C@@H]1C. The molecule has 0 bridgehead atoms. The number of hydrogen-bond donors (Lipinski definition) is 1. The van der Waals surface area contributed by atoms with Gasteiger partial charge in [0, 0.05) is 11.8 Å². The van der Waals surface area contributed by atoms with E-state index in [9.17, 15) is 9.59 Å². The molecule has 1 amide bonds. The van der Waals surface area contributed by atoms with Crippen LogP contribution in [0.3, 0.4) is 0 Å². The highest BCUT2D eigenvalue weighted by Gasteiger charge is 2.58. The van der Waals surface area contributed by atoms with Gasteiger partial charge in [-0.25, -0.2) is 0 Å². The Morgan fingerprint density at radius 3 is 1.93 bits per heavy atom. The second kappa shape index (κ2) is 3.95. The third kappa shape index (κ3) is 2.21. The number of carbonyl (C=O) groups is 2. The zero-order valence-electron chi connectivity index (χ0n) is 10.3. The van der Waals surface area contributed by atoms with Crippen molar-refractivity contribution in [1.29, 1.82) is 0 Å². The van der Waals surface area contributed by atoms with E-state index in [4.69, 9.17) is 0 Å². The predicted molar refractivity (Wildman–Crippen MR) is 59.3 cm³/mol. The largest absolute Gasteiger partial charge is 0.343 e. The van der Waals surface area contributed by atoms with Crippen LogP contribution in [-0.4, -0.2) is 17.2 Å². The van der Waals surface area contributed by atoms with Gasteiger partial charge in [-0.1, -0.05) is 34.6 Å². The summed E-state index contributed by atoms with van der Waals surface area (Å²) in [4.78, 5) is 23.6. The van der Waals surface area contributed by atoms with E-state index in [2.05, 4.69) is 5.32 Å². The molecule has 0 aromatic rings. The van der Waals surface area contributed by atoms with Crippen LogP contribution >= 0.6 is 0 Å². The number of Topliss-reactive ketones (excluding diaryl/α,β-unsaturated/α-hetero) is 1. The van der Waals surface area contributed by atoms with Gasteiger partial charge in [0.25, 0.3) is 0 Å². The molecule has 1 rings (SSSR count). The maximum absolute atomic E-state index is 12.0. The van der Waals surface area contributed by atoms with Crippen LogP contribution < -0.4 is 5.32 Å². The zero-order valence-corrected chi connectivity index (χ0v) is 10.3. The van der Waals surface area contributed by atoms with Crippen LogP contribution in [0.4, 0.5) is 0 Å². The third-order valence-electron chi connectivity index (χ3n) is 3.14. The van der Waals surface area contributed by atoms with Crippen LogP contribution in [0.15, 0.2) is 0 Å². The number of hydrogen-bond acceptors (Lipinski definition) is 2. The van der Waals surface area contributed by atoms with Crippen molar-refractivity contribution in [2.45, 2.75) is 46.6 Å². The molecule has 0 aromatic heterocycles. The number of nitrogens with one attached hydrogen (secondary N) is 1. The molecule has 1 aliphatic carbocycles. The van der Waals surface area contributed by atoms with E-state index in [1.807, 2.05) is 34.6 Å². The van der Waals surface area contributed by atoms with Gasteiger partial charge in [0.05, 0.1) is 0 Å². The van der Waals surface area contributed by atoms with Gasteiger partial charge in [-0.05, 0) is 12.3 Å². The zero-order chi connectivity index (χ0) is 11.8. The summed E-state index contributed by atoms with van der Waals surface area (Å²) < 4.78 is 0. The molecular formula is C12H21NO2. The lowest BCUT2D eigenvalue weighted by atomic mass is 9.97. The number of amides is 1. The summed E-state index contributed by atoms with van der Waals surface area (Å²) in [6.45, 7) is 9.47. The van der Waals surface area contributed by atoms with Gasteiger partial charge in [0.1, 0.15) is 5.54 Å². The molecule has 1 aliphatic rings. The molecule has 1 unspecified atom stereocenters. The first-order chi connectivity index (χ1) is 6.81. The summed E-state index contributed by atoms with van der Waals surface area (Å²) in [5.41, 5.74) is -0.546. The Morgan fingerprint density at radius 1 is 1.20 bits per heavy atom. The van der Waals surface area contributed by atoms with Crippen LogP contribution in [0.1, 0.15) is 41.0 Å². The molecule has 0 saturated heterocycles. The molecule has 86 valence electrons. The van der Waals surface area contributed by atoms with Crippen molar-refractivity contribution in [1.82, 2.24) is 5.32 Å². The van der Waals surface area contributed by atoms with Gasteiger partial charge in [0.2, 0.25) is 5.91 Å². The Bertz CT molecular complexity index is 283. The number of carbonyl (C=O) groups excluding carboxylic acids is 2. The van der Waals surface area contributed by atoms with Crippen molar-refractivity contribution < 1.29 is 9.59 Å². The third-order valence-corrected chi connectivity index (χ3v) is 3.14. The minimum atomic E-state index is -0.546. The molecule has 1 N–H and O–H groups in total. The van der Waals surface area contributed by atoms with E-state index in [0.717, 1.165) is 6.42 Å². The Labute approximate surface area is 91.6 Å². The van der Waals surface area contributed by atoms with E-state index in [0.29, 0.717) is 0 Å². The quantitative estimate of drug-likeness (QED) is 0.770. The van der Waals surface area contributed by atoms with Crippen LogP contribution in [0.5, 0.6) is 0 Å². The topological polar surface area (TPSA) is 46.2 Å². The fourth-order valence-electron chi connectivity index (χ4n) is 1.88. The van der Waals surface area contributed by atoms with Crippen LogP contribution in [0.2, 0.25) is 0 Å². The van der Waals surface area contributed by atoms with Crippen LogP contribution in [0, 0.1) is 17.8 Å². The van der Waals surface area contributed by atoms with Crippen molar-refractivity contribution in [2.24, 2.45) is 17.8 Å². The van der Waals surface area contributed by atoms with Crippen molar-refractivity contribution in [3.63, 3.8) is 0 Å². The molecule has 0 aromatic carbocycles. The second-order valence-electron chi connectivity index (χ2n) is 5.24. The summed E-state index contributed by atoms with van der Waals surface area (Å²) in [6.07, 6.45) is 0.794. The van der Waals surface area contributed by atoms with E-state index >= 15 is 0 Å². The lowest BCUT2D eigenvalue weighted by Crippen LogP contribution is -2.47. The van der Waals surface area contributed by atoms with Gasteiger partial charge < -0.3 is 5.32 Å². The fraction of sp³-hybridized carbons (Fsp3) is 0.833. The summed E-state index contributed by atoms with van der Waals surface area (Å²) in [6, 6.07) is 0. The van der Waals surface area contributed by atoms with Crippen LogP contribution in [-0.2, 0) is 9.59 Å². The molecule has 3 nitrogen and oxygen atoms in total. The van der Waals surface area contributed by atoms with E-state index in [1.165, 1.54) is 0 Å². The lowest BCUT2D eigenvalue weighted by molar-refractivity contribution is -0.132. The summed E-state index contributed by atoms with van der Waals surface area (Å²) in [5, 5.41) is 2.91. The van der Waals surface area contributed by atoms with Gasteiger partial charge in [-0.15, -0.1) is 0 Å². The van der Waals surface area contributed by atoms with E-state index in [1.54, 1.807) is 0 Å². The van der Waals surface area contributed by atoms with Crippen molar-refractivity contribution >= 4 is 11.7 Å². The van der Waals surface area contributed by atoms with Crippen molar-refractivity contribution in [2.75, 3.05) is 0 Å². The monoisotopic (exact) mass is 211 g/mol. The lowest BCUT2D eigenvalue weighted by Gasteiger charge is -2.21. The highest BCUT2D eigenvalue weighted by atomic mass is 16.2. The Balaban J connectivity index is 2.72. The maximum Gasteiger partial charge on any atom is 0.223 e. The minimum Gasteiger partial charge on any atom is -0.343 e. The molecule has 0 spiro atoms. The maximum atomic E-state index is 12.0. The first kappa shape index (κ1) is 12.2. The Morgan fingerprint density at radius 2 is 1.67 bits per heavy atom. The fourth-order valence-corrected chi connectivity index (χ4v) is 1.88. The standard InChI is InChI=1S/C12H21NO2/c1-7(2)10(14)12(6-9(12)5)13-11(15)8(3)4/h7-9H,6H2,1-5H3,(H,13,15)/t9-,12?/m0/s1. The predicted octanol–water partition coefficient (Wildman–Crippen LogP) is 1.76. The molecular weight excluding hydrogens is 190 g/mol. The number of ketones is 1. The molecule has 2 atom stereocenters. The first-order valence-electron chi connectivity index (χ1n) is 5.67. The van der Waals surface area contributed by atoms with Crippen LogP contribution in [0.25, 0.3) is 0 Å². The molecule has 1 saturated carbocycles. The summed E-state index contributed by atoms with van der Waals surface area (Å²) in [7, 11) is 0. The smallest absolute Gasteiger partial charge is 0.223 e. The molecule has 1 fully saturated rings. The van der Waals surface area contributed by atoms with Crippen molar-refractivity contribution in [3.8, 4) is 0 Å². The molecule has 0 heterocycles. The summed E-state index contributed by atoms with van der Waals surface area (Å²) in [5.74, 6) is 0.365. The average molecular weight is 211 g/mol. The molecule has 3 heteroatoms. The van der Waals surface area contributed by atoms with Gasteiger partial charge in [0.15, 0.2) is 5.78 Å². The first-order valence-corrected chi connectivity index (χ1v) is 5.67. The molecule has 15 heavy (non-hydrogen) atoms. The average Bonchev–Trinajstić information content (AvgIpc) is 2.76. The summed E-state index contributed by atoms with van der Waals surface area (Å²) >= 11 is 0. The normalized spacial score (nSPS) is 29.4. The Kier molecular flexibility index (Phi) is 3.22. The highest BCUT2D eigenvalue weighted by Crippen LogP contribution is 2.45. The highest BCUT2D eigenvalue weighted by molar-refractivity contribution is 5.97. The van der Waals surface area contributed by atoms with E-state index < -0.39 is 5.54 Å². The Hall–Kier alpha value is -0.860. The second-order valence-corrected chi connectivity index (χ2v) is 5.24. The van der Waals surface area contributed by atoms with Gasteiger partial charge in [-0.2, -0.15) is 0 Å². The van der Waals surface area contributed by atoms with Gasteiger partial charge >= 0.3 is 0 Å².